The molecule has 162 valence electrons. The summed E-state index contributed by atoms with van der Waals surface area (Å²) in [4.78, 5) is 28.4. The van der Waals surface area contributed by atoms with Crippen LogP contribution in [0.4, 0.5) is 5.69 Å². The van der Waals surface area contributed by atoms with Crippen LogP contribution in [0.2, 0.25) is 0 Å². The van der Waals surface area contributed by atoms with Crippen molar-refractivity contribution in [2.45, 2.75) is 32.9 Å². The normalized spacial score (nSPS) is 13.8. The van der Waals surface area contributed by atoms with Crippen LogP contribution in [-0.4, -0.2) is 28.1 Å². The van der Waals surface area contributed by atoms with E-state index in [9.17, 15) is 9.59 Å². The number of fused-ring (bicyclic) bond motifs is 1. The molecule has 4 aromatic rings. The molecule has 5 rings (SSSR count). The Morgan fingerprint density at radius 3 is 2.69 bits per heavy atom. The Morgan fingerprint density at radius 1 is 1.09 bits per heavy atom. The third-order valence-electron chi connectivity index (χ3n) is 5.76. The van der Waals surface area contributed by atoms with Crippen molar-refractivity contribution < 1.29 is 9.59 Å². The fourth-order valence-corrected chi connectivity index (χ4v) is 5.19. The van der Waals surface area contributed by atoms with Crippen molar-refractivity contribution in [3.05, 3.63) is 82.4 Å². The van der Waals surface area contributed by atoms with Crippen molar-refractivity contribution in [3.63, 3.8) is 0 Å². The van der Waals surface area contributed by atoms with Crippen LogP contribution in [0, 0.1) is 6.92 Å². The Bertz CT molecular complexity index is 1290. The molecule has 32 heavy (non-hydrogen) atoms. The van der Waals surface area contributed by atoms with Crippen LogP contribution in [0.15, 0.2) is 60.7 Å². The summed E-state index contributed by atoms with van der Waals surface area (Å²) in [6, 6.07) is 20.0. The van der Waals surface area contributed by atoms with E-state index in [-0.39, 0.29) is 11.8 Å². The highest BCUT2D eigenvalue weighted by Gasteiger charge is 2.22. The third kappa shape index (κ3) is 4.03. The molecule has 6 nitrogen and oxygen atoms in total. The van der Waals surface area contributed by atoms with Gasteiger partial charge in [0.2, 0.25) is 5.91 Å². The first kappa shape index (κ1) is 20.5. The summed E-state index contributed by atoms with van der Waals surface area (Å²) in [6.45, 7) is 3.83. The van der Waals surface area contributed by atoms with Gasteiger partial charge in [0.1, 0.15) is 4.83 Å². The Kier molecular flexibility index (Phi) is 5.49. The van der Waals surface area contributed by atoms with E-state index in [1.54, 1.807) is 0 Å². The average molecular weight is 445 g/mol. The number of nitrogens with one attached hydrogen (secondary N) is 1. The number of hydrogen-bond donors (Lipinski definition) is 1. The second-order valence-electron chi connectivity index (χ2n) is 8.06. The molecule has 1 N–H and O–H groups in total. The quantitative estimate of drug-likeness (QED) is 0.476. The van der Waals surface area contributed by atoms with Gasteiger partial charge in [0.05, 0.1) is 17.1 Å². The molecule has 0 radical (unpaired) electrons. The number of thiophene rings is 1. The Morgan fingerprint density at radius 2 is 1.91 bits per heavy atom. The molecule has 0 unspecified atom stereocenters. The highest BCUT2D eigenvalue weighted by molar-refractivity contribution is 7.20. The second-order valence-corrected chi connectivity index (χ2v) is 9.09. The van der Waals surface area contributed by atoms with E-state index in [0.29, 0.717) is 24.4 Å². The zero-order chi connectivity index (χ0) is 22.1. The number of hydrogen-bond acceptors (Lipinski definition) is 4. The molecule has 2 aromatic heterocycles. The number of benzene rings is 2. The SMILES string of the molecule is Cc1nn(Cc2ccccc2)c2sc(C(=O)NCc3cccc(N4CCCC4=O)c3)cc12. The van der Waals surface area contributed by atoms with Crippen molar-refractivity contribution in [1.82, 2.24) is 15.1 Å². The molecule has 3 heterocycles. The summed E-state index contributed by atoms with van der Waals surface area (Å²) in [5.41, 5.74) is 3.97. The smallest absolute Gasteiger partial charge is 0.261 e. The zero-order valence-electron chi connectivity index (χ0n) is 17.9. The van der Waals surface area contributed by atoms with Crippen molar-refractivity contribution in [2.75, 3.05) is 11.4 Å². The number of rotatable bonds is 6. The number of amides is 2. The van der Waals surface area contributed by atoms with E-state index in [1.165, 1.54) is 16.9 Å². The molecule has 0 atom stereocenters. The van der Waals surface area contributed by atoms with Gasteiger partial charge in [0.15, 0.2) is 0 Å². The number of aryl methyl sites for hydroxylation is 1. The monoisotopic (exact) mass is 444 g/mol. The number of carbonyl (C=O) groups excluding carboxylic acids is 2. The minimum absolute atomic E-state index is 0.0977. The molecule has 2 amide bonds. The highest BCUT2D eigenvalue weighted by atomic mass is 32.1. The molecule has 7 heteroatoms. The lowest BCUT2D eigenvalue weighted by Gasteiger charge is -2.16. The highest BCUT2D eigenvalue weighted by Crippen LogP contribution is 2.29. The molecule has 0 aliphatic carbocycles. The van der Waals surface area contributed by atoms with Crippen molar-refractivity contribution >= 4 is 39.1 Å². The second kappa shape index (κ2) is 8.59. The molecule has 1 aliphatic rings. The Labute approximate surface area is 190 Å². The summed E-state index contributed by atoms with van der Waals surface area (Å²) in [5, 5.41) is 8.70. The first-order valence-corrected chi connectivity index (χ1v) is 11.6. The summed E-state index contributed by atoms with van der Waals surface area (Å²) < 4.78 is 1.97. The molecule has 0 spiro atoms. The topological polar surface area (TPSA) is 67.2 Å². The summed E-state index contributed by atoms with van der Waals surface area (Å²) in [5.74, 6) is 0.0656. The van der Waals surface area contributed by atoms with Gasteiger partial charge >= 0.3 is 0 Å². The zero-order valence-corrected chi connectivity index (χ0v) is 18.7. The van der Waals surface area contributed by atoms with Gasteiger partial charge in [0, 0.05) is 30.6 Å². The van der Waals surface area contributed by atoms with Crippen LogP contribution in [0.25, 0.3) is 10.2 Å². The van der Waals surface area contributed by atoms with Gasteiger partial charge in [-0.05, 0) is 42.7 Å². The fourth-order valence-electron chi connectivity index (χ4n) is 4.11. The summed E-state index contributed by atoms with van der Waals surface area (Å²) in [6.07, 6.45) is 1.50. The lowest BCUT2D eigenvalue weighted by Crippen LogP contribution is -2.24. The fraction of sp³-hybridized carbons (Fsp3) is 0.240. The number of nitrogens with zero attached hydrogens (tertiary/aromatic N) is 3. The maximum absolute atomic E-state index is 12.9. The van der Waals surface area contributed by atoms with E-state index in [4.69, 9.17) is 0 Å². The van der Waals surface area contributed by atoms with E-state index in [0.717, 1.165) is 40.1 Å². The van der Waals surface area contributed by atoms with E-state index in [2.05, 4.69) is 22.5 Å². The molecule has 1 aliphatic heterocycles. The minimum atomic E-state index is -0.0977. The van der Waals surface area contributed by atoms with Gasteiger partial charge < -0.3 is 10.2 Å². The van der Waals surface area contributed by atoms with Gasteiger partial charge in [-0.1, -0.05) is 42.5 Å². The van der Waals surface area contributed by atoms with Gasteiger partial charge in [-0.2, -0.15) is 5.10 Å². The maximum atomic E-state index is 12.9. The number of aromatic nitrogens is 2. The molecular weight excluding hydrogens is 420 g/mol. The Hall–Kier alpha value is -3.45. The van der Waals surface area contributed by atoms with Crippen LogP contribution >= 0.6 is 11.3 Å². The molecule has 2 aromatic carbocycles. The van der Waals surface area contributed by atoms with Crippen LogP contribution in [0.1, 0.15) is 39.3 Å². The van der Waals surface area contributed by atoms with E-state index >= 15 is 0 Å². The van der Waals surface area contributed by atoms with Crippen molar-refractivity contribution in [2.24, 2.45) is 0 Å². The van der Waals surface area contributed by atoms with Crippen molar-refractivity contribution in [1.29, 1.82) is 0 Å². The molecule has 1 saturated heterocycles. The molecule has 0 saturated carbocycles. The van der Waals surface area contributed by atoms with Gasteiger partial charge in [-0.3, -0.25) is 14.3 Å². The first-order chi connectivity index (χ1) is 15.6. The molecule has 0 bridgehead atoms. The predicted octanol–water partition coefficient (Wildman–Crippen LogP) is 4.51. The summed E-state index contributed by atoms with van der Waals surface area (Å²) in [7, 11) is 0. The Balaban J connectivity index is 1.30. The van der Waals surface area contributed by atoms with Gasteiger partial charge in [-0.25, -0.2) is 0 Å². The van der Waals surface area contributed by atoms with Crippen LogP contribution < -0.4 is 10.2 Å². The van der Waals surface area contributed by atoms with Crippen LogP contribution in [0.3, 0.4) is 0 Å². The average Bonchev–Trinajstić information content (AvgIpc) is 3.50. The molecular formula is C25H24N4O2S. The molecule has 1 fully saturated rings. The van der Waals surface area contributed by atoms with E-state index < -0.39 is 0 Å². The number of carbonyl (C=O) groups is 2. The minimum Gasteiger partial charge on any atom is -0.347 e. The maximum Gasteiger partial charge on any atom is 0.261 e. The van der Waals surface area contributed by atoms with Gasteiger partial charge in [0.25, 0.3) is 5.91 Å². The van der Waals surface area contributed by atoms with Crippen LogP contribution in [-0.2, 0) is 17.9 Å². The predicted molar refractivity (Wildman–Crippen MR) is 127 cm³/mol. The van der Waals surface area contributed by atoms with Gasteiger partial charge in [-0.15, -0.1) is 11.3 Å². The first-order valence-electron chi connectivity index (χ1n) is 10.8. The standard InChI is InChI=1S/C25H24N4O2S/c1-17-21-14-22(32-25(21)29(27-17)16-18-7-3-2-4-8-18)24(31)26-15-19-9-5-10-20(13-19)28-12-6-11-23(28)30/h2-5,7-10,13-14H,6,11-12,15-16H2,1H3,(H,26,31). The van der Waals surface area contributed by atoms with Crippen LogP contribution in [0.5, 0.6) is 0 Å². The number of anilines is 1. The lowest BCUT2D eigenvalue weighted by molar-refractivity contribution is -0.117. The van der Waals surface area contributed by atoms with E-state index in [1.807, 2.05) is 65.0 Å². The largest absolute Gasteiger partial charge is 0.347 e. The lowest BCUT2D eigenvalue weighted by atomic mass is 10.2. The third-order valence-corrected chi connectivity index (χ3v) is 6.90. The summed E-state index contributed by atoms with van der Waals surface area (Å²) >= 11 is 1.47. The van der Waals surface area contributed by atoms with Crippen molar-refractivity contribution in [3.8, 4) is 0 Å².